The van der Waals surface area contributed by atoms with Gasteiger partial charge in [0.1, 0.15) is 6.04 Å². The lowest BCUT2D eigenvalue weighted by Gasteiger charge is -2.21. The van der Waals surface area contributed by atoms with Crippen LogP contribution in [0.3, 0.4) is 0 Å². The Morgan fingerprint density at radius 3 is 2.73 bits per heavy atom. The van der Waals surface area contributed by atoms with E-state index in [2.05, 4.69) is 15.5 Å². The average molecular weight is 306 g/mol. The zero-order valence-electron chi connectivity index (χ0n) is 13.4. The molecule has 22 heavy (non-hydrogen) atoms. The van der Waals surface area contributed by atoms with Crippen molar-refractivity contribution in [3.05, 3.63) is 11.7 Å². The van der Waals surface area contributed by atoms with Crippen LogP contribution in [-0.2, 0) is 4.79 Å². The highest BCUT2D eigenvalue weighted by Gasteiger charge is 2.32. The van der Waals surface area contributed by atoms with Gasteiger partial charge in [-0.15, -0.1) is 0 Å². The average Bonchev–Trinajstić information content (AvgIpc) is 3.08. The molecular weight excluding hydrogens is 280 g/mol. The van der Waals surface area contributed by atoms with Gasteiger partial charge in [0.2, 0.25) is 11.8 Å². The van der Waals surface area contributed by atoms with Crippen molar-refractivity contribution < 1.29 is 9.32 Å². The van der Waals surface area contributed by atoms with Gasteiger partial charge in [-0.2, -0.15) is 4.98 Å². The molecule has 6 heteroatoms. The number of hydrogen-bond donors (Lipinski definition) is 2. The fourth-order valence-electron chi connectivity index (χ4n) is 3.18. The molecule has 0 radical (unpaired) electrons. The van der Waals surface area contributed by atoms with Gasteiger partial charge in [-0.25, -0.2) is 0 Å². The van der Waals surface area contributed by atoms with Gasteiger partial charge < -0.3 is 15.6 Å². The summed E-state index contributed by atoms with van der Waals surface area (Å²) in [5.74, 6) is 2.31. The van der Waals surface area contributed by atoms with E-state index in [4.69, 9.17) is 10.3 Å². The summed E-state index contributed by atoms with van der Waals surface area (Å²) < 4.78 is 5.38. The van der Waals surface area contributed by atoms with Gasteiger partial charge >= 0.3 is 0 Å². The van der Waals surface area contributed by atoms with Gasteiger partial charge in [-0.3, -0.25) is 4.79 Å². The van der Waals surface area contributed by atoms with Crippen LogP contribution < -0.4 is 11.1 Å². The summed E-state index contributed by atoms with van der Waals surface area (Å²) in [5, 5.41) is 7.11. The SMILES string of the molecule is CC(C)C(NC(=O)C[C@@H]1CCC[C@H]1N)c1nc(C2CC2)no1. The van der Waals surface area contributed by atoms with Crippen molar-refractivity contribution in [1.82, 2.24) is 15.5 Å². The minimum absolute atomic E-state index is 0.0345. The van der Waals surface area contributed by atoms with E-state index in [0.29, 0.717) is 24.1 Å². The number of nitrogens with two attached hydrogens (primary N) is 1. The molecule has 0 aliphatic heterocycles. The maximum absolute atomic E-state index is 12.3. The third-order valence-corrected chi connectivity index (χ3v) is 4.81. The van der Waals surface area contributed by atoms with E-state index in [-0.39, 0.29) is 23.9 Å². The Hall–Kier alpha value is -1.43. The van der Waals surface area contributed by atoms with Gasteiger partial charge in [0.15, 0.2) is 5.82 Å². The van der Waals surface area contributed by atoms with Crippen LogP contribution in [0.5, 0.6) is 0 Å². The number of carbonyl (C=O) groups is 1. The van der Waals surface area contributed by atoms with E-state index in [1.54, 1.807) is 0 Å². The molecule has 2 aliphatic rings. The van der Waals surface area contributed by atoms with E-state index in [9.17, 15) is 4.79 Å². The van der Waals surface area contributed by atoms with Crippen molar-refractivity contribution in [1.29, 1.82) is 0 Å². The second-order valence-electron chi connectivity index (χ2n) is 7.11. The summed E-state index contributed by atoms with van der Waals surface area (Å²) in [6.07, 6.45) is 5.97. The maximum Gasteiger partial charge on any atom is 0.249 e. The first-order valence-corrected chi connectivity index (χ1v) is 8.43. The molecule has 122 valence electrons. The third-order valence-electron chi connectivity index (χ3n) is 4.81. The largest absolute Gasteiger partial charge is 0.344 e. The van der Waals surface area contributed by atoms with Crippen LogP contribution in [0, 0.1) is 11.8 Å². The van der Waals surface area contributed by atoms with Crippen LogP contribution in [-0.4, -0.2) is 22.1 Å². The number of nitrogens with zero attached hydrogens (tertiary/aromatic N) is 2. The van der Waals surface area contributed by atoms with Crippen LogP contribution in [0.2, 0.25) is 0 Å². The summed E-state index contributed by atoms with van der Waals surface area (Å²) in [5.41, 5.74) is 6.05. The molecule has 6 nitrogen and oxygen atoms in total. The van der Waals surface area contributed by atoms with Crippen molar-refractivity contribution in [2.24, 2.45) is 17.6 Å². The number of carbonyl (C=O) groups excluding carboxylic acids is 1. The molecule has 0 saturated heterocycles. The lowest BCUT2D eigenvalue weighted by molar-refractivity contribution is -0.123. The molecule has 1 amide bonds. The molecule has 0 aromatic carbocycles. The second-order valence-corrected chi connectivity index (χ2v) is 7.11. The lowest BCUT2D eigenvalue weighted by atomic mass is 9.98. The Labute approximate surface area is 131 Å². The number of aromatic nitrogens is 2. The summed E-state index contributed by atoms with van der Waals surface area (Å²) in [6, 6.07) is -0.0572. The van der Waals surface area contributed by atoms with Gasteiger partial charge in [0.05, 0.1) is 0 Å². The molecule has 1 aromatic rings. The van der Waals surface area contributed by atoms with Crippen molar-refractivity contribution in [3.8, 4) is 0 Å². The van der Waals surface area contributed by atoms with Gasteiger partial charge in [0.25, 0.3) is 0 Å². The zero-order chi connectivity index (χ0) is 15.7. The highest BCUT2D eigenvalue weighted by atomic mass is 16.5. The molecule has 1 unspecified atom stereocenters. The third kappa shape index (κ3) is 3.48. The predicted molar refractivity (Wildman–Crippen MR) is 81.9 cm³/mol. The molecule has 2 aliphatic carbocycles. The predicted octanol–water partition coefficient (Wildman–Crippen LogP) is 2.28. The lowest BCUT2D eigenvalue weighted by Crippen LogP contribution is -2.35. The first-order chi connectivity index (χ1) is 10.5. The van der Waals surface area contributed by atoms with E-state index < -0.39 is 0 Å². The molecule has 3 atom stereocenters. The molecule has 2 fully saturated rings. The first kappa shape index (κ1) is 15.5. The number of nitrogens with one attached hydrogen (secondary N) is 1. The normalized spacial score (nSPS) is 26.4. The second kappa shape index (κ2) is 6.36. The Balaban J connectivity index is 1.61. The van der Waals surface area contributed by atoms with Crippen LogP contribution >= 0.6 is 0 Å². The number of amides is 1. The van der Waals surface area contributed by atoms with Crippen molar-refractivity contribution in [2.45, 2.75) is 70.4 Å². The molecule has 3 N–H and O–H groups in total. The summed E-state index contributed by atoms with van der Waals surface area (Å²) in [7, 11) is 0. The van der Waals surface area contributed by atoms with Gasteiger partial charge in [0, 0.05) is 18.4 Å². The molecule has 2 saturated carbocycles. The summed E-state index contributed by atoms with van der Waals surface area (Å²) in [4.78, 5) is 16.8. The fraction of sp³-hybridized carbons (Fsp3) is 0.812. The topological polar surface area (TPSA) is 94.0 Å². The highest BCUT2D eigenvalue weighted by molar-refractivity contribution is 5.76. The van der Waals surface area contributed by atoms with Crippen LogP contribution in [0.25, 0.3) is 0 Å². The fourth-order valence-corrected chi connectivity index (χ4v) is 3.18. The smallest absolute Gasteiger partial charge is 0.249 e. The quantitative estimate of drug-likeness (QED) is 0.841. The molecule has 1 heterocycles. The molecular formula is C16H26N4O2. The van der Waals surface area contributed by atoms with Gasteiger partial charge in [-0.05, 0) is 37.5 Å². The van der Waals surface area contributed by atoms with E-state index in [1.165, 1.54) is 0 Å². The number of hydrogen-bond acceptors (Lipinski definition) is 5. The first-order valence-electron chi connectivity index (χ1n) is 8.43. The summed E-state index contributed by atoms with van der Waals surface area (Å²) in [6.45, 7) is 4.10. The zero-order valence-corrected chi connectivity index (χ0v) is 13.4. The monoisotopic (exact) mass is 306 g/mol. The van der Waals surface area contributed by atoms with Crippen molar-refractivity contribution in [2.75, 3.05) is 0 Å². The maximum atomic E-state index is 12.3. The van der Waals surface area contributed by atoms with Crippen LogP contribution in [0.4, 0.5) is 0 Å². The molecule has 1 aromatic heterocycles. The van der Waals surface area contributed by atoms with E-state index in [1.807, 2.05) is 13.8 Å². The van der Waals surface area contributed by atoms with Crippen LogP contribution in [0.1, 0.15) is 76.0 Å². The van der Waals surface area contributed by atoms with Gasteiger partial charge in [-0.1, -0.05) is 25.4 Å². The standard InChI is InChI=1S/C16H26N4O2/c1-9(2)14(16-19-15(20-22-16)10-6-7-10)18-13(21)8-11-4-3-5-12(11)17/h9-12,14H,3-8,17H2,1-2H3,(H,18,21)/t11-,12+,14?/m0/s1. The van der Waals surface area contributed by atoms with Crippen LogP contribution in [0.15, 0.2) is 4.52 Å². The Bertz CT molecular complexity index is 524. The van der Waals surface area contributed by atoms with E-state index >= 15 is 0 Å². The Kier molecular flexibility index (Phi) is 4.47. The molecule has 0 bridgehead atoms. The minimum Gasteiger partial charge on any atom is -0.344 e. The van der Waals surface area contributed by atoms with Crippen molar-refractivity contribution >= 4 is 5.91 Å². The Morgan fingerprint density at radius 2 is 2.14 bits per heavy atom. The molecule has 3 rings (SSSR count). The highest BCUT2D eigenvalue weighted by Crippen LogP contribution is 2.38. The minimum atomic E-state index is -0.217. The summed E-state index contributed by atoms with van der Waals surface area (Å²) >= 11 is 0. The molecule has 0 spiro atoms. The Morgan fingerprint density at radius 1 is 1.36 bits per heavy atom. The van der Waals surface area contributed by atoms with Crippen molar-refractivity contribution in [3.63, 3.8) is 0 Å². The van der Waals surface area contributed by atoms with E-state index in [0.717, 1.165) is 37.9 Å². The number of rotatable bonds is 6.